The third-order valence-corrected chi connectivity index (χ3v) is 11.0. The van der Waals surface area contributed by atoms with Gasteiger partial charge in [-0.3, -0.25) is 9.59 Å². The molecule has 0 aromatic heterocycles. The molecule has 0 atom stereocenters. The molecule has 2 aromatic rings. The molecule has 2 N–H and O–H groups in total. The van der Waals surface area contributed by atoms with Crippen LogP contribution in [0.2, 0.25) is 0 Å². The van der Waals surface area contributed by atoms with Crippen LogP contribution in [0.4, 0.5) is 0 Å². The minimum absolute atomic E-state index is 0.132. The molecule has 240 valence electrons. The first kappa shape index (κ1) is 32.4. The van der Waals surface area contributed by atoms with E-state index in [1.54, 1.807) is 48.5 Å². The van der Waals surface area contributed by atoms with E-state index >= 15 is 0 Å². The lowest BCUT2D eigenvalue weighted by atomic mass is 9.52. The lowest BCUT2D eigenvalue weighted by molar-refractivity contribution is -0.175. The second-order valence-electron chi connectivity index (χ2n) is 15.8. The summed E-state index contributed by atoms with van der Waals surface area (Å²) in [6.45, 7) is 13.7. The summed E-state index contributed by atoms with van der Waals surface area (Å²) in [4.78, 5) is 28.2. The van der Waals surface area contributed by atoms with Crippen LogP contribution in [-0.4, -0.2) is 34.4 Å². The highest BCUT2D eigenvalue weighted by atomic mass is 16.5. The Hall–Kier alpha value is -3.02. The summed E-state index contributed by atoms with van der Waals surface area (Å²) in [5.41, 5.74) is 2.09. The number of ether oxygens (including phenoxy) is 2. The van der Waals surface area contributed by atoms with Gasteiger partial charge >= 0.3 is 11.9 Å². The predicted octanol–water partition coefficient (Wildman–Crippen LogP) is 8.51. The van der Waals surface area contributed by atoms with Crippen LogP contribution in [0.5, 0.6) is 11.5 Å². The molecule has 0 unspecified atom stereocenters. The molecule has 6 heteroatoms. The highest BCUT2D eigenvalue weighted by Gasteiger charge is 2.60. The molecule has 3 fully saturated rings. The Morgan fingerprint density at radius 1 is 0.545 bits per heavy atom. The Bertz CT molecular complexity index is 1160. The summed E-state index contributed by atoms with van der Waals surface area (Å²) in [7, 11) is 0. The third-order valence-electron chi connectivity index (χ3n) is 11.0. The van der Waals surface area contributed by atoms with Gasteiger partial charge in [-0.05, 0) is 109 Å². The van der Waals surface area contributed by atoms with E-state index in [0.29, 0.717) is 11.8 Å². The number of rotatable bonds is 6. The second kappa shape index (κ2) is 12.8. The molecular weight excluding hydrogens is 552 g/mol. The topological polar surface area (TPSA) is 93.1 Å². The van der Waals surface area contributed by atoms with Crippen molar-refractivity contribution in [3.63, 3.8) is 0 Å². The van der Waals surface area contributed by atoms with Crippen LogP contribution in [0.25, 0.3) is 0 Å². The van der Waals surface area contributed by atoms with E-state index in [1.165, 1.54) is 0 Å². The summed E-state index contributed by atoms with van der Waals surface area (Å²) in [5.74, 6) is -1.14. The average Bonchev–Trinajstić information content (AvgIpc) is 2.94. The number of phenols is 2. The molecule has 0 saturated heterocycles. The summed E-state index contributed by atoms with van der Waals surface area (Å²) in [5, 5.41) is 20.0. The number of carbonyl (C=O) groups excluding carboxylic acids is 2. The smallest absolute Gasteiger partial charge is 0.310 e. The Morgan fingerprint density at radius 2 is 0.841 bits per heavy atom. The zero-order valence-corrected chi connectivity index (χ0v) is 27.4. The highest BCUT2D eigenvalue weighted by Crippen LogP contribution is 2.59. The molecule has 44 heavy (non-hydrogen) atoms. The van der Waals surface area contributed by atoms with Crippen molar-refractivity contribution in [3.8, 4) is 11.5 Å². The highest BCUT2D eigenvalue weighted by molar-refractivity contribution is 5.85. The van der Waals surface area contributed by atoms with E-state index < -0.39 is 23.7 Å². The monoisotopic (exact) mass is 604 g/mol. The van der Waals surface area contributed by atoms with E-state index in [9.17, 15) is 19.8 Å². The summed E-state index contributed by atoms with van der Waals surface area (Å²) in [6, 6.07) is 13.6. The van der Waals surface area contributed by atoms with Gasteiger partial charge in [-0.2, -0.15) is 0 Å². The Kier molecular flexibility index (Phi) is 9.39. The lowest BCUT2D eigenvalue weighted by Gasteiger charge is -2.50. The fraction of sp³-hybridized carbons (Fsp3) is 0.632. The first-order chi connectivity index (χ1) is 20.7. The molecule has 2 aromatic carbocycles. The van der Waals surface area contributed by atoms with Gasteiger partial charge in [-0.15, -0.1) is 0 Å². The second-order valence-corrected chi connectivity index (χ2v) is 15.8. The fourth-order valence-electron chi connectivity index (χ4n) is 8.14. The van der Waals surface area contributed by atoms with Gasteiger partial charge < -0.3 is 19.7 Å². The maximum absolute atomic E-state index is 14.1. The Balaban J connectivity index is 1.40. The van der Waals surface area contributed by atoms with Gasteiger partial charge in [0.15, 0.2) is 0 Å². The summed E-state index contributed by atoms with van der Waals surface area (Å²) < 4.78 is 12.5. The van der Waals surface area contributed by atoms with Crippen molar-refractivity contribution in [1.82, 2.24) is 0 Å². The molecule has 0 radical (unpaired) electrons. The molecule has 0 aliphatic heterocycles. The van der Waals surface area contributed by atoms with E-state index in [1.807, 2.05) is 0 Å². The molecule has 6 nitrogen and oxygen atoms in total. The molecule has 3 saturated carbocycles. The SMILES string of the molecule is CC(C)(C)C1CCC(OC(=O)C2C(c3ccc(O)cc3)C(C(=O)OC3CCC(C(C)(C)C)CC3)C2c2ccc(O)cc2)CC1. The number of phenolic OH excluding ortho intramolecular Hbond substituents is 2. The van der Waals surface area contributed by atoms with Crippen molar-refractivity contribution in [1.29, 1.82) is 0 Å². The number of hydrogen-bond donors (Lipinski definition) is 2. The maximum Gasteiger partial charge on any atom is 0.310 e. The normalized spacial score (nSPS) is 31.0. The minimum Gasteiger partial charge on any atom is -0.508 e. The molecular formula is C38H52O6. The Morgan fingerprint density at radius 3 is 1.11 bits per heavy atom. The first-order valence-corrected chi connectivity index (χ1v) is 16.7. The van der Waals surface area contributed by atoms with Crippen LogP contribution in [0.3, 0.4) is 0 Å². The number of aromatic hydroxyl groups is 2. The minimum atomic E-state index is -0.585. The third kappa shape index (κ3) is 7.10. The predicted molar refractivity (Wildman–Crippen MR) is 171 cm³/mol. The quantitative estimate of drug-likeness (QED) is 0.321. The van der Waals surface area contributed by atoms with Crippen LogP contribution >= 0.6 is 0 Å². The molecule has 3 aliphatic carbocycles. The van der Waals surface area contributed by atoms with Crippen LogP contribution in [-0.2, 0) is 19.1 Å². The van der Waals surface area contributed by atoms with E-state index in [4.69, 9.17) is 9.47 Å². The molecule has 0 bridgehead atoms. The van der Waals surface area contributed by atoms with Crippen LogP contribution in [0.1, 0.15) is 116 Å². The van der Waals surface area contributed by atoms with Crippen molar-refractivity contribution in [2.75, 3.05) is 0 Å². The van der Waals surface area contributed by atoms with Gasteiger partial charge in [0.05, 0.1) is 11.8 Å². The molecule has 0 amide bonds. The van der Waals surface area contributed by atoms with E-state index in [2.05, 4.69) is 41.5 Å². The van der Waals surface area contributed by atoms with Gasteiger partial charge in [0.25, 0.3) is 0 Å². The van der Waals surface area contributed by atoms with Crippen molar-refractivity contribution in [2.45, 2.75) is 117 Å². The van der Waals surface area contributed by atoms with Crippen LogP contribution in [0.15, 0.2) is 48.5 Å². The summed E-state index contributed by atoms with van der Waals surface area (Å²) in [6.07, 6.45) is 7.23. The van der Waals surface area contributed by atoms with Crippen LogP contribution in [0, 0.1) is 34.5 Å². The number of benzene rings is 2. The molecule has 0 spiro atoms. The van der Waals surface area contributed by atoms with Crippen molar-refractivity contribution in [3.05, 3.63) is 59.7 Å². The lowest BCUT2D eigenvalue weighted by Crippen LogP contribution is -2.53. The Labute approximate surface area is 263 Å². The van der Waals surface area contributed by atoms with Crippen LogP contribution < -0.4 is 0 Å². The zero-order chi connectivity index (χ0) is 31.8. The largest absolute Gasteiger partial charge is 0.508 e. The van der Waals surface area contributed by atoms with Gasteiger partial charge in [-0.1, -0.05) is 65.8 Å². The van der Waals surface area contributed by atoms with E-state index in [-0.39, 0.29) is 46.5 Å². The van der Waals surface area contributed by atoms with Gasteiger partial charge in [0.1, 0.15) is 23.7 Å². The average molecular weight is 605 g/mol. The number of hydrogen-bond acceptors (Lipinski definition) is 6. The number of carbonyl (C=O) groups is 2. The summed E-state index contributed by atoms with van der Waals surface area (Å²) >= 11 is 0. The van der Waals surface area contributed by atoms with Gasteiger partial charge in [0.2, 0.25) is 0 Å². The molecule has 0 heterocycles. The molecule has 3 aliphatic rings. The number of esters is 2. The van der Waals surface area contributed by atoms with Gasteiger partial charge in [-0.25, -0.2) is 0 Å². The van der Waals surface area contributed by atoms with E-state index in [0.717, 1.165) is 62.5 Å². The van der Waals surface area contributed by atoms with Gasteiger partial charge in [0, 0.05) is 11.8 Å². The van der Waals surface area contributed by atoms with Crippen molar-refractivity contribution in [2.24, 2.45) is 34.5 Å². The fourth-order valence-corrected chi connectivity index (χ4v) is 8.14. The van der Waals surface area contributed by atoms with Crippen molar-refractivity contribution >= 4 is 11.9 Å². The van der Waals surface area contributed by atoms with Crippen molar-refractivity contribution < 1.29 is 29.3 Å². The zero-order valence-electron chi connectivity index (χ0n) is 27.4. The standard InChI is InChI=1S/C38H52O6/c1-37(2,3)25-11-19-29(20-12-25)43-35(41)33-31(23-7-15-27(39)16-8-23)34(32(33)24-9-17-28(40)18-10-24)36(42)44-30-21-13-26(14-22-30)38(4,5)6/h7-10,15-18,25-26,29-34,39-40H,11-14,19-22H2,1-6H3. The first-order valence-electron chi connectivity index (χ1n) is 16.7. The maximum atomic E-state index is 14.1. The molecule has 5 rings (SSSR count).